The van der Waals surface area contributed by atoms with Gasteiger partial charge in [-0.15, -0.1) is 0 Å². The first kappa shape index (κ1) is 14.2. The summed E-state index contributed by atoms with van der Waals surface area (Å²) in [4.78, 5) is -0.613. The number of hydrogen-bond acceptors (Lipinski definition) is 3. The molecule has 0 atom stereocenters. The Balaban J connectivity index is 2.23. The molecule has 0 amide bonds. The summed E-state index contributed by atoms with van der Waals surface area (Å²) in [6.45, 7) is 2.25. The van der Waals surface area contributed by atoms with Crippen molar-refractivity contribution < 1.29 is 17.2 Å². The number of rotatable bonds is 5. The molecule has 0 aliphatic heterocycles. The van der Waals surface area contributed by atoms with Crippen LogP contribution in [0.15, 0.2) is 17.0 Å². The summed E-state index contributed by atoms with van der Waals surface area (Å²) in [5.74, 6) is -2.21. The van der Waals surface area contributed by atoms with Crippen molar-refractivity contribution in [1.82, 2.24) is 4.72 Å². The third kappa shape index (κ3) is 2.71. The van der Waals surface area contributed by atoms with Gasteiger partial charge in [-0.2, -0.15) is 0 Å². The molecular formula is C12H16F2N2O2S. The number of nitrogen functional groups attached to an aromatic ring is 1. The standard InChI is InChI=1S/C12H16F2N2O2S/c1-2-12(5-6-12)7-16-19(17,18)9-4-3-8(13)11(15)10(9)14/h3-4,16H,2,5-7,15H2,1H3. The molecule has 0 aromatic heterocycles. The monoisotopic (exact) mass is 290 g/mol. The number of halogens is 2. The van der Waals surface area contributed by atoms with Gasteiger partial charge in [0.05, 0.1) is 0 Å². The van der Waals surface area contributed by atoms with Crippen LogP contribution >= 0.6 is 0 Å². The normalized spacial score (nSPS) is 17.4. The molecule has 0 unspecified atom stereocenters. The summed E-state index contributed by atoms with van der Waals surface area (Å²) in [6, 6.07) is 1.73. The minimum absolute atomic E-state index is 0.00484. The highest BCUT2D eigenvalue weighted by Gasteiger charge is 2.41. The Kier molecular flexibility index (Phi) is 3.53. The lowest BCUT2D eigenvalue weighted by molar-refractivity contribution is 0.473. The average molecular weight is 290 g/mol. The maximum atomic E-state index is 13.7. The number of anilines is 1. The number of nitrogens with two attached hydrogens (primary N) is 1. The van der Waals surface area contributed by atoms with Crippen LogP contribution in [0, 0.1) is 17.0 Å². The van der Waals surface area contributed by atoms with Gasteiger partial charge in [0.15, 0.2) is 5.82 Å². The largest absolute Gasteiger partial charge is 0.394 e. The summed E-state index contributed by atoms with van der Waals surface area (Å²) >= 11 is 0. The van der Waals surface area contributed by atoms with Crippen molar-refractivity contribution in [1.29, 1.82) is 0 Å². The molecule has 1 saturated carbocycles. The second-order valence-corrected chi connectivity index (χ2v) is 6.69. The highest BCUT2D eigenvalue weighted by Crippen LogP contribution is 2.48. The fourth-order valence-corrected chi connectivity index (χ4v) is 3.16. The Bertz CT molecular complexity index is 598. The van der Waals surface area contributed by atoms with Crippen LogP contribution in [-0.4, -0.2) is 15.0 Å². The van der Waals surface area contributed by atoms with Crippen molar-refractivity contribution in [2.75, 3.05) is 12.3 Å². The molecule has 0 bridgehead atoms. The minimum atomic E-state index is -4.01. The molecule has 0 radical (unpaired) electrons. The Morgan fingerprint density at radius 1 is 1.37 bits per heavy atom. The second-order valence-electron chi connectivity index (χ2n) is 4.95. The topological polar surface area (TPSA) is 72.2 Å². The van der Waals surface area contributed by atoms with E-state index in [9.17, 15) is 17.2 Å². The van der Waals surface area contributed by atoms with E-state index in [4.69, 9.17) is 5.73 Å². The maximum Gasteiger partial charge on any atom is 0.243 e. The molecule has 1 aromatic carbocycles. The lowest BCUT2D eigenvalue weighted by Gasteiger charge is -2.14. The van der Waals surface area contributed by atoms with Crippen molar-refractivity contribution in [3.8, 4) is 0 Å². The summed E-state index contributed by atoms with van der Waals surface area (Å²) in [7, 11) is -4.01. The van der Waals surface area contributed by atoms with E-state index in [1.807, 2.05) is 6.92 Å². The lowest BCUT2D eigenvalue weighted by atomic mass is 10.1. The number of nitrogens with one attached hydrogen (secondary N) is 1. The summed E-state index contributed by atoms with van der Waals surface area (Å²) in [5, 5.41) is 0. The number of benzene rings is 1. The first-order valence-electron chi connectivity index (χ1n) is 6.04. The smallest absolute Gasteiger partial charge is 0.243 e. The third-order valence-electron chi connectivity index (χ3n) is 3.72. The quantitative estimate of drug-likeness (QED) is 0.815. The predicted molar refractivity (Wildman–Crippen MR) is 67.9 cm³/mol. The van der Waals surface area contributed by atoms with Crippen LogP contribution in [0.5, 0.6) is 0 Å². The molecule has 4 nitrogen and oxygen atoms in total. The molecule has 2 rings (SSSR count). The van der Waals surface area contributed by atoms with Crippen LogP contribution in [0.1, 0.15) is 26.2 Å². The van der Waals surface area contributed by atoms with Crippen molar-refractivity contribution in [2.45, 2.75) is 31.1 Å². The van der Waals surface area contributed by atoms with Gasteiger partial charge in [0.25, 0.3) is 0 Å². The van der Waals surface area contributed by atoms with Crippen molar-refractivity contribution in [3.05, 3.63) is 23.8 Å². The zero-order valence-electron chi connectivity index (χ0n) is 10.5. The molecule has 1 aromatic rings. The third-order valence-corrected chi connectivity index (χ3v) is 5.14. The van der Waals surface area contributed by atoms with Gasteiger partial charge in [-0.3, -0.25) is 0 Å². The number of hydrogen-bond donors (Lipinski definition) is 2. The Hall–Kier alpha value is -1.21. The van der Waals surface area contributed by atoms with Crippen LogP contribution in [0.3, 0.4) is 0 Å². The average Bonchev–Trinajstić information content (AvgIpc) is 3.14. The van der Waals surface area contributed by atoms with E-state index >= 15 is 0 Å². The fraction of sp³-hybridized carbons (Fsp3) is 0.500. The molecule has 3 N–H and O–H groups in total. The van der Waals surface area contributed by atoms with E-state index in [-0.39, 0.29) is 12.0 Å². The molecule has 7 heteroatoms. The molecule has 1 fully saturated rings. The van der Waals surface area contributed by atoms with Crippen molar-refractivity contribution in [2.24, 2.45) is 5.41 Å². The molecular weight excluding hydrogens is 274 g/mol. The van der Waals surface area contributed by atoms with E-state index < -0.39 is 32.2 Å². The molecule has 0 saturated heterocycles. The summed E-state index contributed by atoms with van der Waals surface area (Å²) in [5.41, 5.74) is 4.37. The minimum Gasteiger partial charge on any atom is -0.394 e. The van der Waals surface area contributed by atoms with E-state index in [1.54, 1.807) is 0 Å². The summed E-state index contributed by atoms with van der Waals surface area (Å²) in [6.07, 6.45) is 2.78. The zero-order chi connectivity index (χ0) is 14.3. The first-order chi connectivity index (χ1) is 8.81. The lowest BCUT2D eigenvalue weighted by Crippen LogP contribution is -2.30. The first-order valence-corrected chi connectivity index (χ1v) is 7.53. The van der Waals surface area contributed by atoms with Gasteiger partial charge in [0, 0.05) is 6.54 Å². The van der Waals surface area contributed by atoms with Gasteiger partial charge in [-0.25, -0.2) is 21.9 Å². The number of sulfonamides is 1. The van der Waals surface area contributed by atoms with Gasteiger partial charge < -0.3 is 5.73 Å². The van der Waals surface area contributed by atoms with Gasteiger partial charge in [-0.1, -0.05) is 6.92 Å². The Morgan fingerprint density at radius 2 is 2.00 bits per heavy atom. The van der Waals surface area contributed by atoms with Gasteiger partial charge in [-0.05, 0) is 36.8 Å². The molecule has 19 heavy (non-hydrogen) atoms. The second kappa shape index (κ2) is 4.72. The highest BCUT2D eigenvalue weighted by molar-refractivity contribution is 7.89. The van der Waals surface area contributed by atoms with Gasteiger partial charge in [0.1, 0.15) is 16.4 Å². The van der Waals surface area contributed by atoms with Crippen LogP contribution in [-0.2, 0) is 10.0 Å². The van der Waals surface area contributed by atoms with E-state index in [2.05, 4.69) is 4.72 Å². The van der Waals surface area contributed by atoms with Gasteiger partial charge >= 0.3 is 0 Å². The Labute approximate surface area is 111 Å². The van der Waals surface area contributed by atoms with Crippen molar-refractivity contribution in [3.63, 3.8) is 0 Å². The van der Waals surface area contributed by atoms with Gasteiger partial charge in [0.2, 0.25) is 10.0 Å². The van der Waals surface area contributed by atoms with Crippen LogP contribution in [0.4, 0.5) is 14.5 Å². The van der Waals surface area contributed by atoms with Crippen LogP contribution < -0.4 is 10.5 Å². The molecule has 106 valence electrons. The SMILES string of the molecule is CCC1(CNS(=O)(=O)c2ccc(F)c(N)c2F)CC1. The fourth-order valence-electron chi connectivity index (χ4n) is 1.91. The van der Waals surface area contributed by atoms with Crippen molar-refractivity contribution >= 4 is 15.7 Å². The zero-order valence-corrected chi connectivity index (χ0v) is 11.4. The molecule has 1 aliphatic rings. The predicted octanol–water partition coefficient (Wildman–Crippen LogP) is 2.02. The molecule has 0 spiro atoms. The Morgan fingerprint density at radius 3 is 2.53 bits per heavy atom. The van der Waals surface area contributed by atoms with Crippen LogP contribution in [0.2, 0.25) is 0 Å². The molecule has 1 aliphatic carbocycles. The summed E-state index contributed by atoms with van der Waals surface area (Å²) < 4.78 is 53.0. The van der Waals surface area contributed by atoms with E-state index in [0.717, 1.165) is 31.4 Å². The maximum absolute atomic E-state index is 13.7. The van der Waals surface area contributed by atoms with Crippen LogP contribution in [0.25, 0.3) is 0 Å². The van der Waals surface area contributed by atoms with E-state index in [1.165, 1.54) is 0 Å². The molecule has 0 heterocycles. The van der Waals surface area contributed by atoms with E-state index in [0.29, 0.717) is 0 Å². The highest BCUT2D eigenvalue weighted by atomic mass is 32.2.